The standard InChI is InChI=1S/C15H14N2O4/c18-13-7-10-5-6-16-15(12(10)8-14(13)19)9-1-3-11(4-2-9)17(20)21/h1-4,7-8,15-16,18-19H,5-6H2/t15-/m1/s1. The summed E-state index contributed by atoms with van der Waals surface area (Å²) in [5.74, 6) is -0.289. The normalized spacial score (nSPS) is 17.2. The molecule has 3 N–H and O–H groups in total. The summed E-state index contributed by atoms with van der Waals surface area (Å²) in [4.78, 5) is 10.3. The van der Waals surface area contributed by atoms with Crippen LogP contribution in [-0.4, -0.2) is 21.7 Å². The number of nitrogens with zero attached hydrogens (tertiary/aromatic N) is 1. The molecular weight excluding hydrogens is 272 g/mol. The number of aromatic hydroxyl groups is 2. The maximum Gasteiger partial charge on any atom is 0.269 e. The molecule has 6 nitrogen and oxygen atoms in total. The van der Waals surface area contributed by atoms with Crippen molar-refractivity contribution < 1.29 is 15.1 Å². The molecule has 1 atom stereocenters. The lowest BCUT2D eigenvalue weighted by Crippen LogP contribution is -2.30. The Kier molecular flexibility index (Phi) is 3.23. The fraction of sp³-hybridized carbons (Fsp3) is 0.200. The van der Waals surface area contributed by atoms with Crippen LogP contribution in [0.5, 0.6) is 11.5 Å². The molecule has 0 saturated heterocycles. The van der Waals surface area contributed by atoms with Crippen molar-refractivity contribution in [3.8, 4) is 11.5 Å². The molecule has 2 aromatic rings. The van der Waals surface area contributed by atoms with E-state index in [-0.39, 0.29) is 23.2 Å². The van der Waals surface area contributed by atoms with Gasteiger partial charge in [-0.05, 0) is 35.2 Å². The maximum atomic E-state index is 10.7. The van der Waals surface area contributed by atoms with E-state index in [4.69, 9.17) is 0 Å². The summed E-state index contributed by atoms with van der Waals surface area (Å²) >= 11 is 0. The summed E-state index contributed by atoms with van der Waals surface area (Å²) in [7, 11) is 0. The first-order valence-electron chi connectivity index (χ1n) is 6.59. The van der Waals surface area contributed by atoms with Crippen LogP contribution in [0.1, 0.15) is 22.7 Å². The molecule has 0 saturated carbocycles. The van der Waals surface area contributed by atoms with Crippen LogP contribution in [0, 0.1) is 10.1 Å². The molecular formula is C15H14N2O4. The molecule has 0 aromatic heterocycles. The number of rotatable bonds is 2. The first-order chi connectivity index (χ1) is 10.1. The van der Waals surface area contributed by atoms with Gasteiger partial charge in [0.2, 0.25) is 0 Å². The lowest BCUT2D eigenvalue weighted by atomic mass is 9.89. The van der Waals surface area contributed by atoms with Crippen LogP contribution in [0.25, 0.3) is 0 Å². The Hall–Kier alpha value is -2.60. The third kappa shape index (κ3) is 2.41. The zero-order valence-corrected chi connectivity index (χ0v) is 11.1. The molecule has 2 aromatic carbocycles. The molecule has 0 radical (unpaired) electrons. The number of non-ortho nitro benzene ring substituents is 1. The highest BCUT2D eigenvalue weighted by Gasteiger charge is 2.23. The number of nitrogens with one attached hydrogen (secondary N) is 1. The zero-order valence-electron chi connectivity index (χ0n) is 11.1. The number of nitro groups is 1. The summed E-state index contributed by atoms with van der Waals surface area (Å²) in [5.41, 5.74) is 2.77. The molecule has 0 unspecified atom stereocenters. The molecule has 3 rings (SSSR count). The van der Waals surface area contributed by atoms with Crippen molar-refractivity contribution >= 4 is 5.69 Å². The van der Waals surface area contributed by atoms with E-state index in [0.29, 0.717) is 0 Å². The van der Waals surface area contributed by atoms with Crippen LogP contribution in [0.3, 0.4) is 0 Å². The molecule has 1 aliphatic heterocycles. The number of fused-ring (bicyclic) bond motifs is 1. The highest BCUT2D eigenvalue weighted by Crippen LogP contribution is 2.36. The minimum atomic E-state index is -0.435. The Morgan fingerprint density at radius 1 is 1.14 bits per heavy atom. The van der Waals surface area contributed by atoms with Crippen molar-refractivity contribution in [2.45, 2.75) is 12.5 Å². The van der Waals surface area contributed by atoms with Gasteiger partial charge in [0, 0.05) is 18.7 Å². The molecule has 0 spiro atoms. The number of phenols is 2. The molecule has 6 heteroatoms. The Morgan fingerprint density at radius 2 is 1.81 bits per heavy atom. The Bertz CT molecular complexity index is 698. The Balaban J connectivity index is 2.01. The van der Waals surface area contributed by atoms with Gasteiger partial charge >= 0.3 is 0 Å². The number of benzene rings is 2. The van der Waals surface area contributed by atoms with E-state index in [2.05, 4.69) is 5.32 Å². The van der Waals surface area contributed by atoms with Gasteiger partial charge in [-0.15, -0.1) is 0 Å². The fourth-order valence-corrected chi connectivity index (χ4v) is 2.67. The molecule has 0 fully saturated rings. The van der Waals surface area contributed by atoms with E-state index in [1.807, 2.05) is 0 Å². The smallest absolute Gasteiger partial charge is 0.269 e. The van der Waals surface area contributed by atoms with Gasteiger partial charge in [0.25, 0.3) is 5.69 Å². The van der Waals surface area contributed by atoms with E-state index in [1.54, 1.807) is 24.3 Å². The number of hydrogen-bond acceptors (Lipinski definition) is 5. The monoisotopic (exact) mass is 286 g/mol. The van der Waals surface area contributed by atoms with Crippen LogP contribution in [-0.2, 0) is 6.42 Å². The number of nitro benzene ring substituents is 1. The highest BCUT2D eigenvalue weighted by molar-refractivity contribution is 5.50. The van der Waals surface area contributed by atoms with Crippen molar-refractivity contribution in [2.75, 3.05) is 6.54 Å². The maximum absolute atomic E-state index is 10.7. The second-order valence-corrected chi connectivity index (χ2v) is 5.03. The van der Waals surface area contributed by atoms with Crippen molar-refractivity contribution in [1.29, 1.82) is 0 Å². The average Bonchev–Trinajstić information content (AvgIpc) is 2.48. The predicted molar refractivity (Wildman–Crippen MR) is 76.4 cm³/mol. The topological polar surface area (TPSA) is 95.6 Å². The SMILES string of the molecule is O=[N+]([O-])c1ccc([C@H]2NCCc3cc(O)c(O)cc32)cc1. The molecule has 0 bridgehead atoms. The second kappa shape index (κ2) is 5.06. The first kappa shape index (κ1) is 13.4. The minimum Gasteiger partial charge on any atom is -0.504 e. The summed E-state index contributed by atoms with van der Waals surface area (Å²) in [5, 5.41) is 33.3. The van der Waals surface area contributed by atoms with E-state index in [0.717, 1.165) is 29.7 Å². The summed E-state index contributed by atoms with van der Waals surface area (Å²) in [6.45, 7) is 0.735. The van der Waals surface area contributed by atoms with Crippen molar-refractivity contribution in [2.24, 2.45) is 0 Å². The first-order valence-corrected chi connectivity index (χ1v) is 6.59. The van der Waals surface area contributed by atoms with Crippen LogP contribution < -0.4 is 5.32 Å². The third-order valence-electron chi connectivity index (χ3n) is 3.73. The van der Waals surface area contributed by atoms with Gasteiger partial charge in [-0.2, -0.15) is 0 Å². The molecule has 0 aliphatic carbocycles. The predicted octanol–water partition coefficient (Wildman–Crippen LogP) is 2.24. The van der Waals surface area contributed by atoms with Gasteiger partial charge in [-0.1, -0.05) is 12.1 Å². The molecule has 1 heterocycles. The van der Waals surface area contributed by atoms with E-state index in [9.17, 15) is 20.3 Å². The fourth-order valence-electron chi connectivity index (χ4n) is 2.67. The van der Waals surface area contributed by atoms with Crippen LogP contribution in [0.15, 0.2) is 36.4 Å². The van der Waals surface area contributed by atoms with Crippen molar-refractivity contribution in [1.82, 2.24) is 5.32 Å². The third-order valence-corrected chi connectivity index (χ3v) is 3.73. The van der Waals surface area contributed by atoms with Crippen LogP contribution in [0.4, 0.5) is 5.69 Å². The molecule has 1 aliphatic rings. The minimum absolute atomic E-state index is 0.0448. The summed E-state index contributed by atoms with van der Waals surface area (Å²) in [6, 6.07) is 9.30. The second-order valence-electron chi connectivity index (χ2n) is 5.03. The number of hydrogen-bond donors (Lipinski definition) is 3. The highest BCUT2D eigenvalue weighted by atomic mass is 16.6. The summed E-state index contributed by atoms with van der Waals surface area (Å²) < 4.78 is 0. The van der Waals surface area contributed by atoms with Crippen molar-refractivity contribution in [3.63, 3.8) is 0 Å². The van der Waals surface area contributed by atoms with Crippen LogP contribution >= 0.6 is 0 Å². The zero-order chi connectivity index (χ0) is 15.0. The van der Waals surface area contributed by atoms with Gasteiger partial charge in [-0.25, -0.2) is 0 Å². The van der Waals surface area contributed by atoms with Gasteiger partial charge in [0.05, 0.1) is 11.0 Å². The lowest BCUT2D eigenvalue weighted by Gasteiger charge is -2.27. The summed E-state index contributed by atoms with van der Waals surface area (Å²) in [6.07, 6.45) is 0.757. The average molecular weight is 286 g/mol. The van der Waals surface area contributed by atoms with E-state index in [1.165, 1.54) is 12.1 Å². The van der Waals surface area contributed by atoms with Crippen molar-refractivity contribution in [3.05, 3.63) is 63.2 Å². The van der Waals surface area contributed by atoms with Gasteiger partial charge in [0.15, 0.2) is 11.5 Å². The van der Waals surface area contributed by atoms with Gasteiger partial charge in [0.1, 0.15) is 0 Å². The molecule has 108 valence electrons. The largest absolute Gasteiger partial charge is 0.504 e. The Labute approximate surface area is 120 Å². The van der Waals surface area contributed by atoms with E-state index >= 15 is 0 Å². The quantitative estimate of drug-likeness (QED) is 0.447. The van der Waals surface area contributed by atoms with Gasteiger partial charge in [-0.3, -0.25) is 10.1 Å². The lowest BCUT2D eigenvalue weighted by molar-refractivity contribution is -0.384. The van der Waals surface area contributed by atoms with Gasteiger partial charge < -0.3 is 15.5 Å². The van der Waals surface area contributed by atoms with Crippen LogP contribution in [0.2, 0.25) is 0 Å². The molecule has 0 amide bonds. The number of phenolic OH excluding ortho intramolecular Hbond substituents is 2. The molecule has 21 heavy (non-hydrogen) atoms. The Morgan fingerprint density at radius 3 is 2.48 bits per heavy atom. The van der Waals surface area contributed by atoms with E-state index < -0.39 is 4.92 Å².